The van der Waals surface area contributed by atoms with Gasteiger partial charge in [-0.2, -0.15) is 0 Å². The van der Waals surface area contributed by atoms with Gasteiger partial charge in [-0.25, -0.2) is 4.98 Å². The van der Waals surface area contributed by atoms with Gasteiger partial charge in [0.1, 0.15) is 0 Å². The predicted molar refractivity (Wildman–Crippen MR) is 69.9 cm³/mol. The molecule has 1 fully saturated rings. The average Bonchev–Trinajstić information content (AvgIpc) is 2.96. The lowest BCUT2D eigenvalue weighted by atomic mass is 10.0. The first-order valence-electron chi connectivity index (χ1n) is 6.47. The van der Waals surface area contributed by atoms with Gasteiger partial charge in [0.2, 0.25) is 0 Å². The fourth-order valence-electron chi connectivity index (χ4n) is 2.47. The third kappa shape index (κ3) is 2.83. The molecule has 1 atom stereocenters. The van der Waals surface area contributed by atoms with Gasteiger partial charge >= 0.3 is 0 Å². The van der Waals surface area contributed by atoms with Crippen LogP contribution in [-0.2, 0) is 6.42 Å². The second-order valence-corrected chi connectivity index (χ2v) is 5.80. The van der Waals surface area contributed by atoms with Crippen molar-refractivity contribution in [1.29, 1.82) is 0 Å². The Kier molecular flexibility index (Phi) is 4.36. The highest BCUT2D eigenvalue weighted by Gasteiger charge is 2.20. The molecule has 0 aliphatic heterocycles. The quantitative estimate of drug-likeness (QED) is 0.854. The molecule has 1 unspecified atom stereocenters. The smallest absolute Gasteiger partial charge is 0.0931 e. The molecule has 0 radical (unpaired) electrons. The van der Waals surface area contributed by atoms with E-state index in [9.17, 15) is 0 Å². The summed E-state index contributed by atoms with van der Waals surface area (Å²) in [5, 5.41) is 3.56. The number of thiazole rings is 1. The SMILES string of the molecule is CCC(CN)Cc1nc(C2CCCC2)cs1. The van der Waals surface area contributed by atoms with E-state index in [1.165, 1.54) is 36.4 Å². The van der Waals surface area contributed by atoms with E-state index in [1.54, 1.807) is 0 Å². The summed E-state index contributed by atoms with van der Waals surface area (Å²) in [5.41, 5.74) is 7.09. The van der Waals surface area contributed by atoms with E-state index in [4.69, 9.17) is 10.7 Å². The van der Waals surface area contributed by atoms with Gasteiger partial charge in [-0.15, -0.1) is 11.3 Å². The number of rotatable bonds is 5. The summed E-state index contributed by atoms with van der Waals surface area (Å²) >= 11 is 1.83. The van der Waals surface area contributed by atoms with Gasteiger partial charge in [-0.1, -0.05) is 26.2 Å². The van der Waals surface area contributed by atoms with Crippen molar-refractivity contribution in [3.05, 3.63) is 16.1 Å². The number of hydrogen-bond acceptors (Lipinski definition) is 3. The number of hydrogen-bond donors (Lipinski definition) is 1. The number of aromatic nitrogens is 1. The Bertz CT molecular complexity index is 311. The fourth-order valence-corrected chi connectivity index (χ4v) is 3.46. The van der Waals surface area contributed by atoms with Crippen LogP contribution in [0.15, 0.2) is 5.38 Å². The zero-order chi connectivity index (χ0) is 11.4. The summed E-state index contributed by atoms with van der Waals surface area (Å²) in [6.07, 6.45) is 7.70. The Morgan fingerprint density at radius 2 is 2.25 bits per heavy atom. The van der Waals surface area contributed by atoms with Crippen molar-refractivity contribution in [2.45, 2.75) is 51.4 Å². The molecule has 0 bridgehead atoms. The van der Waals surface area contributed by atoms with E-state index in [2.05, 4.69) is 12.3 Å². The van der Waals surface area contributed by atoms with E-state index >= 15 is 0 Å². The first kappa shape index (κ1) is 12.1. The lowest BCUT2D eigenvalue weighted by Crippen LogP contribution is -2.15. The van der Waals surface area contributed by atoms with Crippen LogP contribution in [0.3, 0.4) is 0 Å². The minimum Gasteiger partial charge on any atom is -0.330 e. The summed E-state index contributed by atoms with van der Waals surface area (Å²) in [7, 11) is 0. The maximum atomic E-state index is 5.74. The van der Waals surface area contributed by atoms with Crippen molar-refractivity contribution < 1.29 is 0 Å². The summed E-state index contributed by atoms with van der Waals surface area (Å²) in [4.78, 5) is 4.79. The zero-order valence-corrected chi connectivity index (χ0v) is 10.9. The summed E-state index contributed by atoms with van der Waals surface area (Å²) in [5.74, 6) is 1.37. The summed E-state index contributed by atoms with van der Waals surface area (Å²) in [6.45, 7) is 3.00. The van der Waals surface area contributed by atoms with Crippen molar-refractivity contribution >= 4 is 11.3 Å². The second-order valence-electron chi connectivity index (χ2n) is 4.86. The monoisotopic (exact) mass is 238 g/mol. The highest BCUT2D eigenvalue weighted by molar-refractivity contribution is 7.09. The lowest BCUT2D eigenvalue weighted by molar-refractivity contribution is 0.516. The lowest BCUT2D eigenvalue weighted by Gasteiger charge is -2.09. The van der Waals surface area contributed by atoms with E-state index < -0.39 is 0 Å². The third-order valence-corrected chi connectivity index (χ3v) is 4.61. The van der Waals surface area contributed by atoms with Crippen molar-refractivity contribution in [3.8, 4) is 0 Å². The highest BCUT2D eigenvalue weighted by atomic mass is 32.1. The molecule has 1 aliphatic carbocycles. The molecule has 1 aromatic rings. The van der Waals surface area contributed by atoms with Crippen molar-refractivity contribution in [3.63, 3.8) is 0 Å². The van der Waals surface area contributed by atoms with Crippen LogP contribution in [0.2, 0.25) is 0 Å². The Morgan fingerprint density at radius 1 is 1.50 bits per heavy atom. The molecule has 2 rings (SSSR count). The van der Waals surface area contributed by atoms with Crippen LogP contribution in [0.5, 0.6) is 0 Å². The molecule has 1 aromatic heterocycles. The molecule has 0 saturated heterocycles. The molecule has 2 N–H and O–H groups in total. The molecular formula is C13H22N2S. The van der Waals surface area contributed by atoms with E-state index in [1.807, 2.05) is 11.3 Å². The molecule has 2 nitrogen and oxygen atoms in total. The van der Waals surface area contributed by atoms with E-state index in [-0.39, 0.29) is 0 Å². The Labute approximate surface area is 102 Å². The molecule has 1 aliphatic rings. The maximum absolute atomic E-state index is 5.74. The van der Waals surface area contributed by atoms with Gasteiger partial charge < -0.3 is 5.73 Å². The molecule has 3 heteroatoms. The van der Waals surface area contributed by atoms with Crippen molar-refractivity contribution in [2.75, 3.05) is 6.54 Å². The molecule has 0 aromatic carbocycles. The van der Waals surface area contributed by atoms with Gasteiger partial charge in [-0.3, -0.25) is 0 Å². The minimum atomic E-state index is 0.613. The fraction of sp³-hybridized carbons (Fsp3) is 0.769. The van der Waals surface area contributed by atoms with Crippen LogP contribution >= 0.6 is 11.3 Å². The largest absolute Gasteiger partial charge is 0.330 e. The first-order chi connectivity index (χ1) is 7.83. The normalized spacial score (nSPS) is 19.1. The minimum absolute atomic E-state index is 0.613. The molecule has 16 heavy (non-hydrogen) atoms. The van der Waals surface area contributed by atoms with Gasteiger partial charge in [0.05, 0.1) is 10.7 Å². The Balaban J connectivity index is 1.96. The van der Waals surface area contributed by atoms with Gasteiger partial charge in [-0.05, 0) is 25.3 Å². The van der Waals surface area contributed by atoms with Gasteiger partial charge in [0, 0.05) is 17.7 Å². The van der Waals surface area contributed by atoms with Gasteiger partial charge in [0.25, 0.3) is 0 Å². The predicted octanol–water partition coefficient (Wildman–Crippen LogP) is 3.33. The Hall–Kier alpha value is -0.410. The third-order valence-electron chi connectivity index (χ3n) is 3.72. The molecule has 1 heterocycles. The molecule has 0 spiro atoms. The van der Waals surface area contributed by atoms with Crippen LogP contribution in [0.25, 0.3) is 0 Å². The summed E-state index contributed by atoms with van der Waals surface area (Å²) in [6, 6.07) is 0. The molecule has 1 saturated carbocycles. The number of nitrogens with zero attached hydrogens (tertiary/aromatic N) is 1. The second kappa shape index (κ2) is 5.78. The van der Waals surface area contributed by atoms with Crippen LogP contribution in [0, 0.1) is 5.92 Å². The first-order valence-corrected chi connectivity index (χ1v) is 7.35. The van der Waals surface area contributed by atoms with E-state index in [0.29, 0.717) is 5.92 Å². The van der Waals surface area contributed by atoms with Crippen LogP contribution in [0.4, 0.5) is 0 Å². The highest BCUT2D eigenvalue weighted by Crippen LogP contribution is 2.34. The van der Waals surface area contributed by atoms with Crippen molar-refractivity contribution in [2.24, 2.45) is 11.7 Å². The van der Waals surface area contributed by atoms with Crippen LogP contribution in [0.1, 0.15) is 55.6 Å². The zero-order valence-electron chi connectivity index (χ0n) is 10.1. The van der Waals surface area contributed by atoms with Crippen molar-refractivity contribution in [1.82, 2.24) is 4.98 Å². The van der Waals surface area contributed by atoms with Crippen LogP contribution < -0.4 is 5.73 Å². The molecule has 90 valence electrons. The Morgan fingerprint density at radius 3 is 2.88 bits per heavy atom. The molecule has 0 amide bonds. The van der Waals surface area contributed by atoms with Crippen LogP contribution in [-0.4, -0.2) is 11.5 Å². The topological polar surface area (TPSA) is 38.9 Å². The van der Waals surface area contributed by atoms with E-state index in [0.717, 1.165) is 25.3 Å². The average molecular weight is 238 g/mol. The number of nitrogens with two attached hydrogens (primary N) is 1. The standard InChI is InChI=1S/C13H22N2S/c1-2-10(8-14)7-13-15-12(9-16-13)11-5-3-4-6-11/h9-11H,2-8,14H2,1H3. The summed E-state index contributed by atoms with van der Waals surface area (Å²) < 4.78 is 0. The molecular weight excluding hydrogens is 216 g/mol. The van der Waals surface area contributed by atoms with Gasteiger partial charge in [0.15, 0.2) is 0 Å². The maximum Gasteiger partial charge on any atom is 0.0931 e.